The lowest BCUT2D eigenvalue weighted by Crippen LogP contribution is -2.15. The van der Waals surface area contributed by atoms with Gasteiger partial charge in [0.2, 0.25) is 0 Å². The van der Waals surface area contributed by atoms with Crippen molar-refractivity contribution < 1.29 is 9.84 Å². The fraction of sp³-hybridized carbons (Fsp3) is 0.438. The Bertz CT molecular complexity index is 553. The van der Waals surface area contributed by atoms with Crippen molar-refractivity contribution in [2.75, 3.05) is 6.61 Å². The van der Waals surface area contributed by atoms with Crippen molar-refractivity contribution >= 4 is 11.3 Å². The summed E-state index contributed by atoms with van der Waals surface area (Å²) in [5.74, 6) is 1.39. The normalized spacial score (nSPS) is 11.9. The Kier molecular flexibility index (Phi) is 4.45. The average molecular weight is 291 g/mol. The average Bonchev–Trinajstić information content (AvgIpc) is 2.86. The molecule has 0 unspecified atom stereocenters. The number of aliphatic hydroxyl groups is 1. The summed E-state index contributed by atoms with van der Waals surface area (Å²) < 4.78 is 5.66. The summed E-state index contributed by atoms with van der Waals surface area (Å²) in [6.07, 6.45) is 0. The standard InChI is InChI=1S/C16H21NO2S/c1-11(2)9-19-13-7-5-12(6-8-13)15-17-14(10-20-15)16(3,4)18/h5-8,10-11,18H,9H2,1-4H3. The molecule has 0 aliphatic carbocycles. The maximum atomic E-state index is 9.94. The number of nitrogens with zero attached hydrogens (tertiary/aromatic N) is 1. The van der Waals surface area contributed by atoms with E-state index >= 15 is 0 Å². The van der Waals surface area contributed by atoms with Gasteiger partial charge in [0.25, 0.3) is 0 Å². The van der Waals surface area contributed by atoms with E-state index in [-0.39, 0.29) is 0 Å². The van der Waals surface area contributed by atoms with Crippen LogP contribution in [-0.4, -0.2) is 16.7 Å². The number of thiazole rings is 1. The molecule has 0 aliphatic rings. The second kappa shape index (κ2) is 5.94. The summed E-state index contributed by atoms with van der Waals surface area (Å²) in [5, 5.41) is 12.8. The van der Waals surface area contributed by atoms with E-state index in [0.29, 0.717) is 11.6 Å². The van der Waals surface area contributed by atoms with Crippen LogP contribution >= 0.6 is 11.3 Å². The van der Waals surface area contributed by atoms with E-state index in [1.165, 1.54) is 0 Å². The van der Waals surface area contributed by atoms with Crippen LogP contribution in [0.1, 0.15) is 33.4 Å². The first kappa shape index (κ1) is 15.0. The second-order valence-electron chi connectivity index (χ2n) is 5.83. The zero-order valence-electron chi connectivity index (χ0n) is 12.4. The topological polar surface area (TPSA) is 42.4 Å². The molecule has 0 aliphatic heterocycles. The zero-order chi connectivity index (χ0) is 14.8. The molecular formula is C16H21NO2S. The molecule has 0 spiro atoms. The Morgan fingerprint density at radius 3 is 2.40 bits per heavy atom. The van der Waals surface area contributed by atoms with Gasteiger partial charge in [-0.15, -0.1) is 11.3 Å². The second-order valence-corrected chi connectivity index (χ2v) is 6.68. The van der Waals surface area contributed by atoms with Gasteiger partial charge in [0.15, 0.2) is 0 Å². The SMILES string of the molecule is CC(C)COc1ccc(-c2nc(C(C)(C)O)cs2)cc1. The fourth-order valence-corrected chi connectivity index (χ4v) is 2.63. The van der Waals surface area contributed by atoms with Crippen LogP contribution in [0.15, 0.2) is 29.6 Å². The number of benzene rings is 1. The van der Waals surface area contributed by atoms with Crippen LogP contribution < -0.4 is 4.74 Å². The predicted octanol–water partition coefficient (Wildman–Crippen LogP) is 4.07. The van der Waals surface area contributed by atoms with Crippen molar-refractivity contribution in [2.45, 2.75) is 33.3 Å². The van der Waals surface area contributed by atoms with Gasteiger partial charge in [0.1, 0.15) is 16.4 Å². The summed E-state index contributed by atoms with van der Waals surface area (Å²) in [6, 6.07) is 7.93. The summed E-state index contributed by atoms with van der Waals surface area (Å²) in [5.41, 5.74) is 0.856. The van der Waals surface area contributed by atoms with Gasteiger partial charge in [-0.1, -0.05) is 13.8 Å². The molecule has 0 radical (unpaired) electrons. The molecule has 0 amide bonds. The van der Waals surface area contributed by atoms with E-state index in [0.717, 1.165) is 22.9 Å². The van der Waals surface area contributed by atoms with Crippen LogP contribution in [0, 0.1) is 5.92 Å². The molecule has 0 fully saturated rings. The van der Waals surface area contributed by atoms with E-state index in [1.807, 2.05) is 29.6 Å². The minimum atomic E-state index is -0.894. The van der Waals surface area contributed by atoms with Crippen molar-refractivity contribution in [3.05, 3.63) is 35.3 Å². The van der Waals surface area contributed by atoms with Gasteiger partial charge in [-0.3, -0.25) is 0 Å². The molecule has 1 aromatic heterocycles. The number of hydrogen-bond acceptors (Lipinski definition) is 4. The van der Waals surface area contributed by atoms with Gasteiger partial charge in [-0.2, -0.15) is 0 Å². The number of aromatic nitrogens is 1. The maximum Gasteiger partial charge on any atom is 0.123 e. The number of hydrogen-bond donors (Lipinski definition) is 1. The molecule has 1 heterocycles. The summed E-state index contributed by atoms with van der Waals surface area (Å²) in [4.78, 5) is 4.48. The van der Waals surface area contributed by atoms with Crippen LogP contribution in [0.25, 0.3) is 10.6 Å². The molecule has 1 aromatic carbocycles. The lowest BCUT2D eigenvalue weighted by atomic mass is 10.1. The Hall–Kier alpha value is -1.39. The third kappa shape index (κ3) is 3.81. The predicted molar refractivity (Wildman–Crippen MR) is 83.1 cm³/mol. The third-order valence-corrected chi connectivity index (χ3v) is 3.71. The van der Waals surface area contributed by atoms with Crippen LogP contribution in [0.5, 0.6) is 5.75 Å². The minimum absolute atomic E-state index is 0.517. The van der Waals surface area contributed by atoms with E-state index in [9.17, 15) is 5.11 Å². The Morgan fingerprint density at radius 2 is 1.90 bits per heavy atom. The van der Waals surface area contributed by atoms with Gasteiger partial charge in [0, 0.05) is 10.9 Å². The Morgan fingerprint density at radius 1 is 1.25 bits per heavy atom. The molecule has 2 rings (SSSR count). The number of rotatable bonds is 5. The number of ether oxygens (including phenoxy) is 1. The van der Waals surface area contributed by atoms with Crippen molar-refractivity contribution in [1.29, 1.82) is 0 Å². The molecule has 0 atom stereocenters. The fourth-order valence-electron chi connectivity index (χ4n) is 1.64. The van der Waals surface area contributed by atoms with Crippen molar-refractivity contribution in [2.24, 2.45) is 5.92 Å². The first-order valence-corrected chi connectivity index (χ1v) is 7.66. The van der Waals surface area contributed by atoms with Crippen LogP contribution in [0.4, 0.5) is 0 Å². The molecule has 0 saturated heterocycles. The third-order valence-electron chi connectivity index (χ3n) is 2.82. The van der Waals surface area contributed by atoms with E-state index in [2.05, 4.69) is 18.8 Å². The van der Waals surface area contributed by atoms with Crippen molar-refractivity contribution in [1.82, 2.24) is 4.98 Å². The molecule has 0 saturated carbocycles. The van der Waals surface area contributed by atoms with Crippen LogP contribution in [0.2, 0.25) is 0 Å². The first-order valence-electron chi connectivity index (χ1n) is 6.78. The van der Waals surface area contributed by atoms with Crippen LogP contribution in [0.3, 0.4) is 0 Å². The van der Waals surface area contributed by atoms with Crippen molar-refractivity contribution in [3.63, 3.8) is 0 Å². The van der Waals surface area contributed by atoms with E-state index in [4.69, 9.17) is 4.74 Å². The highest BCUT2D eigenvalue weighted by atomic mass is 32.1. The Labute approximate surface area is 124 Å². The molecule has 20 heavy (non-hydrogen) atoms. The van der Waals surface area contributed by atoms with E-state index in [1.54, 1.807) is 25.2 Å². The van der Waals surface area contributed by atoms with Crippen molar-refractivity contribution in [3.8, 4) is 16.3 Å². The van der Waals surface area contributed by atoms with Gasteiger partial charge < -0.3 is 9.84 Å². The Balaban J connectivity index is 2.12. The van der Waals surface area contributed by atoms with E-state index < -0.39 is 5.60 Å². The molecule has 3 nitrogen and oxygen atoms in total. The minimum Gasteiger partial charge on any atom is -0.493 e. The van der Waals surface area contributed by atoms with Gasteiger partial charge in [-0.25, -0.2) is 4.98 Å². The van der Waals surface area contributed by atoms with Gasteiger partial charge >= 0.3 is 0 Å². The highest BCUT2D eigenvalue weighted by molar-refractivity contribution is 7.13. The lowest BCUT2D eigenvalue weighted by Gasteiger charge is -2.13. The molecule has 108 valence electrons. The zero-order valence-corrected chi connectivity index (χ0v) is 13.2. The maximum absolute atomic E-state index is 9.94. The monoisotopic (exact) mass is 291 g/mol. The summed E-state index contributed by atoms with van der Waals surface area (Å²) in [6.45, 7) is 8.47. The largest absolute Gasteiger partial charge is 0.493 e. The first-order chi connectivity index (χ1) is 9.36. The lowest BCUT2D eigenvalue weighted by molar-refractivity contribution is 0.0746. The quantitative estimate of drug-likeness (QED) is 0.903. The molecule has 1 N–H and O–H groups in total. The smallest absolute Gasteiger partial charge is 0.123 e. The van der Waals surface area contributed by atoms with Gasteiger partial charge in [-0.05, 0) is 44.0 Å². The molecule has 4 heteroatoms. The highest BCUT2D eigenvalue weighted by Crippen LogP contribution is 2.29. The highest BCUT2D eigenvalue weighted by Gasteiger charge is 2.19. The molecule has 0 bridgehead atoms. The molecule has 2 aromatic rings. The van der Waals surface area contributed by atoms with Gasteiger partial charge in [0.05, 0.1) is 12.3 Å². The van der Waals surface area contributed by atoms with Crippen LogP contribution in [-0.2, 0) is 5.60 Å². The molecular weight excluding hydrogens is 270 g/mol. The summed E-state index contributed by atoms with van der Waals surface area (Å²) in [7, 11) is 0. The summed E-state index contributed by atoms with van der Waals surface area (Å²) >= 11 is 1.54.